The van der Waals surface area contributed by atoms with Crippen molar-refractivity contribution in [3.8, 4) is 0 Å². The fraction of sp³-hybridized carbons (Fsp3) is 0.815. The maximum atomic E-state index is 16.4. The van der Waals surface area contributed by atoms with Gasteiger partial charge in [-0.15, -0.1) is 0 Å². The van der Waals surface area contributed by atoms with Crippen molar-refractivity contribution in [2.45, 2.75) is 125 Å². The number of hydrogen-bond acceptors (Lipinski definition) is 9. The fourth-order valence-corrected chi connectivity index (χ4v) is 4.64. The van der Waals surface area contributed by atoms with Crippen LogP contribution < -0.4 is 0 Å². The average molecular weight is 820 g/mol. The van der Waals surface area contributed by atoms with Crippen LogP contribution in [0.15, 0.2) is 12.3 Å². The van der Waals surface area contributed by atoms with Crippen molar-refractivity contribution in [1.29, 1.82) is 0 Å². The van der Waals surface area contributed by atoms with Crippen LogP contribution in [0.1, 0.15) is 47.5 Å². The summed E-state index contributed by atoms with van der Waals surface area (Å²) in [6.07, 6.45) is -19.0. The van der Waals surface area contributed by atoms with Crippen LogP contribution in [0.4, 0.5) is 74.6 Å². The number of carbonyl (C=O) groups is 3. The number of ether oxygens (including phenoxy) is 6. The number of hydrogen-bond donors (Lipinski definition) is 0. The second kappa shape index (κ2) is 15.8. The average Bonchev–Trinajstić information content (AvgIpc) is 2.98. The van der Waals surface area contributed by atoms with Crippen LogP contribution in [-0.2, 0) is 42.8 Å². The van der Waals surface area contributed by atoms with Crippen LogP contribution in [0, 0.1) is 0 Å². The van der Waals surface area contributed by atoms with Crippen molar-refractivity contribution in [1.82, 2.24) is 0 Å². The molecule has 0 aromatic carbocycles. The Balaban J connectivity index is 4.25. The third-order valence-electron chi connectivity index (χ3n) is 7.07. The molecule has 1 fully saturated rings. The summed E-state index contributed by atoms with van der Waals surface area (Å²) in [5.41, 5.74) is -5.44. The van der Waals surface area contributed by atoms with Crippen LogP contribution in [-0.4, -0.2) is 109 Å². The van der Waals surface area contributed by atoms with Gasteiger partial charge in [-0.1, -0.05) is 6.92 Å². The molecule has 1 aliphatic heterocycles. The topological polar surface area (TPSA) is 107 Å². The van der Waals surface area contributed by atoms with Gasteiger partial charge in [0.05, 0.1) is 12.9 Å². The van der Waals surface area contributed by atoms with Gasteiger partial charge in [-0.2, -0.15) is 74.6 Å². The van der Waals surface area contributed by atoms with E-state index in [-0.39, 0.29) is 40.4 Å². The molecule has 0 aromatic heterocycles. The standard InChI is InChI=1S/C27H29F17O9/c1-6-9-48-10-7-8-11-49-18-17(52-14(4)46)19(53-15(5)47,16(12(2)50-18)51-13(3)45)20(28,29)21(30,31)22(32,33)23(34,35)24(36,37)25(38,39)26(40,41)27(42,43)44/h8,11-12,16-18H,6-7,9-10H2,1-5H3/t12-,16-,17-,18+,19+/m0/s1. The second-order valence-corrected chi connectivity index (χ2v) is 11.1. The molecule has 0 bridgehead atoms. The first kappa shape index (κ1) is 47.7. The molecule has 1 aliphatic rings. The molecule has 0 unspecified atom stereocenters. The van der Waals surface area contributed by atoms with E-state index in [1.165, 1.54) is 0 Å². The molecule has 0 amide bonds. The Morgan fingerprint density at radius 2 is 1.08 bits per heavy atom. The molecular weight excluding hydrogens is 791 g/mol. The fourth-order valence-electron chi connectivity index (χ4n) is 4.64. The Bertz CT molecular complexity index is 1340. The number of esters is 3. The lowest BCUT2D eigenvalue weighted by Gasteiger charge is -2.55. The van der Waals surface area contributed by atoms with Gasteiger partial charge in [0, 0.05) is 27.4 Å². The van der Waals surface area contributed by atoms with E-state index < -0.39 is 95.7 Å². The summed E-state index contributed by atoms with van der Waals surface area (Å²) >= 11 is 0. The SMILES string of the molecule is CCCOCCC=CO[C@@H]1O[C@@H](C)[C@H](OC(C)=O)[C@](OC(C)=O)(C(F)(F)C(F)(F)C(F)(F)C(F)(F)C(F)(F)C(F)(F)C(F)(F)C(F)(F)F)[C@H]1OC(C)=O. The third-order valence-corrected chi connectivity index (χ3v) is 7.07. The minimum atomic E-state index is -9.02. The van der Waals surface area contributed by atoms with Crippen molar-refractivity contribution in [3.05, 3.63) is 12.3 Å². The van der Waals surface area contributed by atoms with Crippen molar-refractivity contribution >= 4 is 17.9 Å². The highest BCUT2D eigenvalue weighted by molar-refractivity contribution is 5.69. The predicted octanol–water partition coefficient (Wildman–Crippen LogP) is 7.25. The zero-order chi connectivity index (χ0) is 42.0. The summed E-state index contributed by atoms with van der Waals surface area (Å²) < 4.78 is 272. The number of halogens is 17. The third kappa shape index (κ3) is 8.07. The zero-order valence-electron chi connectivity index (χ0n) is 27.4. The van der Waals surface area contributed by atoms with Crippen LogP contribution in [0.5, 0.6) is 0 Å². The number of alkyl halides is 17. The molecule has 0 spiro atoms. The Labute approximate surface area is 287 Å². The first-order valence-electron chi connectivity index (χ1n) is 14.4. The Hall–Kier alpha value is -3.32. The van der Waals surface area contributed by atoms with Crippen molar-refractivity contribution in [2.24, 2.45) is 0 Å². The van der Waals surface area contributed by atoms with Crippen LogP contribution in [0.3, 0.4) is 0 Å². The van der Waals surface area contributed by atoms with E-state index in [9.17, 15) is 62.7 Å². The van der Waals surface area contributed by atoms with Crippen molar-refractivity contribution < 1.29 is 117 Å². The van der Waals surface area contributed by atoms with Gasteiger partial charge in [0.15, 0.2) is 6.10 Å². The summed E-state index contributed by atoms with van der Waals surface area (Å²) in [6, 6.07) is 0. The number of carbonyl (C=O) groups excluding carboxylic acids is 3. The second-order valence-electron chi connectivity index (χ2n) is 11.1. The Morgan fingerprint density at radius 1 is 0.642 bits per heavy atom. The van der Waals surface area contributed by atoms with E-state index in [2.05, 4.69) is 14.2 Å². The van der Waals surface area contributed by atoms with Gasteiger partial charge in [-0.25, -0.2) is 0 Å². The molecule has 0 saturated carbocycles. The first-order valence-corrected chi connectivity index (χ1v) is 14.4. The Kier molecular flexibility index (Phi) is 14.2. The molecule has 1 saturated heterocycles. The maximum absolute atomic E-state index is 16.4. The predicted molar refractivity (Wildman–Crippen MR) is 137 cm³/mol. The quantitative estimate of drug-likeness (QED) is 0.0494. The van der Waals surface area contributed by atoms with Crippen molar-refractivity contribution in [2.75, 3.05) is 13.2 Å². The molecule has 0 aromatic rings. The molecule has 0 N–H and O–H groups in total. The molecule has 26 heteroatoms. The van der Waals surface area contributed by atoms with Gasteiger partial charge in [0.1, 0.15) is 6.10 Å². The van der Waals surface area contributed by atoms with Crippen LogP contribution in [0.2, 0.25) is 0 Å². The van der Waals surface area contributed by atoms with Gasteiger partial charge in [0.25, 0.3) is 5.60 Å². The lowest BCUT2D eigenvalue weighted by Crippen LogP contribution is -2.83. The normalized spacial score (nSPS) is 24.2. The molecule has 5 atom stereocenters. The highest BCUT2D eigenvalue weighted by Crippen LogP contribution is 2.66. The molecule has 310 valence electrons. The first-order chi connectivity index (χ1) is 23.6. The van der Waals surface area contributed by atoms with Crippen LogP contribution >= 0.6 is 0 Å². The van der Waals surface area contributed by atoms with E-state index >= 15 is 26.3 Å². The molecule has 1 rings (SSSR count). The van der Waals surface area contributed by atoms with Crippen LogP contribution in [0.25, 0.3) is 0 Å². The van der Waals surface area contributed by atoms with Gasteiger partial charge in [0.2, 0.25) is 12.4 Å². The lowest BCUT2D eigenvalue weighted by atomic mass is 9.73. The number of rotatable bonds is 17. The summed E-state index contributed by atoms with van der Waals surface area (Å²) in [6.45, 7) is 2.79. The minimum Gasteiger partial charge on any atom is -0.469 e. The molecule has 0 radical (unpaired) electrons. The van der Waals surface area contributed by atoms with E-state index in [0.717, 1.165) is 6.08 Å². The molecule has 1 heterocycles. The van der Waals surface area contributed by atoms with Crippen molar-refractivity contribution in [3.63, 3.8) is 0 Å². The highest BCUT2D eigenvalue weighted by atomic mass is 19.4. The summed E-state index contributed by atoms with van der Waals surface area (Å²) in [4.78, 5) is 36.0. The Morgan fingerprint density at radius 3 is 1.49 bits per heavy atom. The maximum Gasteiger partial charge on any atom is 0.460 e. The van der Waals surface area contributed by atoms with E-state index in [0.29, 0.717) is 19.6 Å². The van der Waals surface area contributed by atoms with E-state index in [4.69, 9.17) is 14.2 Å². The summed E-state index contributed by atoms with van der Waals surface area (Å²) in [5.74, 6) is -66.5. The van der Waals surface area contributed by atoms with Gasteiger partial charge in [-0.3, -0.25) is 14.4 Å². The zero-order valence-corrected chi connectivity index (χ0v) is 27.4. The molecule has 9 nitrogen and oxygen atoms in total. The molecular formula is C27H29F17O9. The monoisotopic (exact) mass is 820 g/mol. The summed E-state index contributed by atoms with van der Waals surface area (Å²) in [7, 11) is 0. The summed E-state index contributed by atoms with van der Waals surface area (Å²) in [5, 5.41) is 0. The molecule has 53 heavy (non-hydrogen) atoms. The minimum absolute atomic E-state index is 0.00149. The van der Waals surface area contributed by atoms with Gasteiger partial charge < -0.3 is 28.4 Å². The van der Waals surface area contributed by atoms with E-state index in [1.807, 2.05) is 0 Å². The van der Waals surface area contributed by atoms with Gasteiger partial charge >= 0.3 is 65.5 Å². The largest absolute Gasteiger partial charge is 0.469 e. The van der Waals surface area contributed by atoms with E-state index in [1.54, 1.807) is 6.92 Å². The smallest absolute Gasteiger partial charge is 0.460 e. The molecule has 0 aliphatic carbocycles. The lowest BCUT2D eigenvalue weighted by molar-refractivity contribution is -0.475. The van der Waals surface area contributed by atoms with Gasteiger partial charge in [-0.05, 0) is 25.8 Å². The highest BCUT2D eigenvalue weighted by Gasteiger charge is 2.98.